The van der Waals surface area contributed by atoms with Crippen LogP contribution in [0.3, 0.4) is 0 Å². The molecule has 1 aliphatic heterocycles. The molecule has 0 spiro atoms. The van der Waals surface area contributed by atoms with Gasteiger partial charge in [-0.05, 0) is 24.3 Å². The summed E-state index contributed by atoms with van der Waals surface area (Å²) in [6, 6.07) is 13.3. The van der Waals surface area contributed by atoms with Crippen LogP contribution in [0.25, 0.3) is 0 Å². The Morgan fingerprint density at radius 2 is 1.93 bits per heavy atom. The van der Waals surface area contributed by atoms with Gasteiger partial charge in [0.25, 0.3) is 0 Å². The Labute approximate surface area is 175 Å². The highest BCUT2D eigenvalue weighted by Crippen LogP contribution is 2.31. The van der Waals surface area contributed by atoms with Crippen molar-refractivity contribution in [1.29, 1.82) is 0 Å². The van der Waals surface area contributed by atoms with Gasteiger partial charge in [-0.15, -0.1) is 0 Å². The quantitative estimate of drug-likeness (QED) is 0.583. The molecule has 156 valence electrons. The average Bonchev–Trinajstić information content (AvgIpc) is 3.34. The minimum Gasteiger partial charge on any atom is -0.497 e. The Hall–Kier alpha value is -3.68. The van der Waals surface area contributed by atoms with Crippen molar-refractivity contribution in [3.05, 3.63) is 73.1 Å². The first-order valence-electron chi connectivity index (χ1n) is 9.59. The molecular weight excluding hydrogens is 384 g/mol. The highest BCUT2D eigenvalue weighted by molar-refractivity contribution is 5.51. The van der Waals surface area contributed by atoms with Crippen molar-refractivity contribution in [3.63, 3.8) is 0 Å². The molecule has 1 amide bonds. The molecule has 0 aliphatic carbocycles. The lowest BCUT2D eigenvalue weighted by Gasteiger charge is -2.36. The number of ether oxygens (including phenoxy) is 2. The number of amides is 1. The third-order valence-electron chi connectivity index (χ3n) is 4.75. The fourth-order valence-electron chi connectivity index (χ4n) is 3.25. The zero-order valence-corrected chi connectivity index (χ0v) is 16.7. The molecule has 3 heterocycles. The summed E-state index contributed by atoms with van der Waals surface area (Å²) in [5.41, 5.74) is 0.901. The van der Waals surface area contributed by atoms with E-state index in [0.717, 1.165) is 36.4 Å². The number of rotatable bonds is 6. The number of carbonyl (C=O) groups excluding carboxylic acids is 2. The molecule has 8 heteroatoms. The predicted molar refractivity (Wildman–Crippen MR) is 111 cm³/mol. The Balaban J connectivity index is 0.000000310. The molecule has 0 saturated carbocycles. The standard InChI is InChI=1S/C18H20N2O3.C4H4N2O/c1-22-14-5-4-6-15(11-14)23-16-8-10-20(13-21)18(12-16)17-7-2-3-9-19-17;7-4-6-2-1-5-3-6/h2-7,9,11,13,16,18H,8,10,12H2,1H3;1-4H. The van der Waals surface area contributed by atoms with E-state index in [2.05, 4.69) is 9.97 Å². The molecule has 1 saturated heterocycles. The minimum atomic E-state index is -0.0435. The fourth-order valence-corrected chi connectivity index (χ4v) is 3.25. The minimum absolute atomic E-state index is 0.0435. The Morgan fingerprint density at radius 3 is 2.57 bits per heavy atom. The van der Waals surface area contributed by atoms with Gasteiger partial charge in [-0.25, -0.2) is 4.98 Å². The summed E-state index contributed by atoms with van der Waals surface area (Å²) in [4.78, 5) is 30.9. The number of benzene rings is 1. The number of piperidine rings is 1. The summed E-state index contributed by atoms with van der Waals surface area (Å²) in [6.45, 7) is 0.666. The summed E-state index contributed by atoms with van der Waals surface area (Å²) in [7, 11) is 1.64. The van der Waals surface area contributed by atoms with Gasteiger partial charge in [-0.2, -0.15) is 0 Å². The van der Waals surface area contributed by atoms with E-state index in [-0.39, 0.29) is 12.1 Å². The first kappa shape index (κ1) is 21.0. The van der Waals surface area contributed by atoms with Gasteiger partial charge in [0, 0.05) is 44.0 Å². The van der Waals surface area contributed by atoms with Crippen LogP contribution in [-0.2, 0) is 9.59 Å². The first-order valence-corrected chi connectivity index (χ1v) is 9.59. The second-order valence-electron chi connectivity index (χ2n) is 6.67. The van der Waals surface area contributed by atoms with Gasteiger partial charge in [-0.1, -0.05) is 12.1 Å². The molecule has 0 N–H and O–H groups in total. The van der Waals surface area contributed by atoms with E-state index < -0.39 is 0 Å². The molecule has 0 bridgehead atoms. The van der Waals surface area contributed by atoms with Gasteiger partial charge < -0.3 is 14.4 Å². The van der Waals surface area contributed by atoms with Crippen molar-refractivity contribution in [1.82, 2.24) is 19.4 Å². The SMILES string of the molecule is COc1cccc(OC2CCN(C=O)C(c3ccccn3)C2)c1.O=Cn1ccnc1. The fraction of sp³-hybridized carbons (Fsp3) is 0.273. The van der Waals surface area contributed by atoms with Gasteiger partial charge in [0.05, 0.1) is 18.8 Å². The van der Waals surface area contributed by atoms with E-state index in [0.29, 0.717) is 13.0 Å². The summed E-state index contributed by atoms with van der Waals surface area (Å²) in [5.74, 6) is 1.56. The smallest absolute Gasteiger partial charge is 0.218 e. The number of nitrogens with zero attached hydrogens (tertiary/aromatic N) is 4. The van der Waals surface area contributed by atoms with Crippen LogP contribution in [0.15, 0.2) is 67.4 Å². The van der Waals surface area contributed by atoms with E-state index in [1.807, 2.05) is 42.5 Å². The number of imidazole rings is 1. The van der Waals surface area contributed by atoms with Gasteiger partial charge in [-0.3, -0.25) is 19.1 Å². The van der Waals surface area contributed by atoms with Crippen LogP contribution in [0.2, 0.25) is 0 Å². The average molecular weight is 408 g/mol. The van der Waals surface area contributed by atoms with Crippen molar-refractivity contribution >= 4 is 12.8 Å². The van der Waals surface area contributed by atoms with Gasteiger partial charge in [0.2, 0.25) is 12.8 Å². The maximum Gasteiger partial charge on any atom is 0.218 e. The zero-order chi connectivity index (χ0) is 21.2. The number of aromatic nitrogens is 3. The second-order valence-corrected chi connectivity index (χ2v) is 6.67. The largest absolute Gasteiger partial charge is 0.497 e. The van der Waals surface area contributed by atoms with Crippen LogP contribution in [0.4, 0.5) is 0 Å². The molecule has 1 aliphatic rings. The molecule has 1 fully saturated rings. The molecule has 0 radical (unpaired) electrons. The van der Waals surface area contributed by atoms with Crippen LogP contribution in [0, 0.1) is 0 Å². The van der Waals surface area contributed by atoms with Crippen LogP contribution in [0.1, 0.15) is 24.6 Å². The van der Waals surface area contributed by atoms with Crippen LogP contribution < -0.4 is 9.47 Å². The Bertz CT molecular complexity index is 918. The normalized spacial score (nSPS) is 18.0. The summed E-state index contributed by atoms with van der Waals surface area (Å²) in [6.07, 6.45) is 9.49. The second kappa shape index (κ2) is 10.8. The van der Waals surface area contributed by atoms with Gasteiger partial charge in [0.15, 0.2) is 0 Å². The number of hydrogen-bond donors (Lipinski definition) is 0. The third kappa shape index (κ3) is 5.66. The van der Waals surface area contributed by atoms with Gasteiger partial charge in [0.1, 0.15) is 23.9 Å². The maximum absolute atomic E-state index is 11.3. The van der Waals surface area contributed by atoms with E-state index in [4.69, 9.17) is 9.47 Å². The van der Waals surface area contributed by atoms with Crippen molar-refractivity contribution in [2.75, 3.05) is 13.7 Å². The maximum atomic E-state index is 11.3. The molecular formula is C22H24N4O4. The lowest BCUT2D eigenvalue weighted by atomic mass is 9.97. The number of methoxy groups -OCH3 is 1. The van der Waals surface area contributed by atoms with E-state index >= 15 is 0 Å². The number of likely N-dealkylation sites (tertiary alicyclic amines) is 1. The Kier molecular flexibility index (Phi) is 7.54. The third-order valence-corrected chi connectivity index (χ3v) is 4.75. The molecule has 2 atom stereocenters. The van der Waals surface area contributed by atoms with Gasteiger partial charge >= 0.3 is 0 Å². The summed E-state index contributed by atoms with van der Waals surface area (Å²) >= 11 is 0. The lowest BCUT2D eigenvalue weighted by molar-refractivity contribution is -0.123. The van der Waals surface area contributed by atoms with Crippen LogP contribution in [0.5, 0.6) is 11.5 Å². The molecule has 4 rings (SSSR count). The van der Waals surface area contributed by atoms with Crippen molar-refractivity contribution in [2.45, 2.75) is 25.0 Å². The first-order chi connectivity index (χ1) is 14.7. The Morgan fingerprint density at radius 1 is 1.07 bits per heavy atom. The van der Waals surface area contributed by atoms with Crippen LogP contribution >= 0.6 is 0 Å². The van der Waals surface area contributed by atoms with E-state index in [1.54, 1.807) is 30.6 Å². The monoisotopic (exact) mass is 408 g/mol. The molecule has 3 aromatic rings. The topological polar surface area (TPSA) is 86.5 Å². The van der Waals surface area contributed by atoms with Crippen molar-refractivity contribution in [2.24, 2.45) is 0 Å². The van der Waals surface area contributed by atoms with Crippen LogP contribution in [-0.4, -0.2) is 52.0 Å². The molecule has 2 unspecified atom stereocenters. The highest BCUT2D eigenvalue weighted by Gasteiger charge is 2.30. The summed E-state index contributed by atoms with van der Waals surface area (Å²) < 4.78 is 12.6. The van der Waals surface area contributed by atoms with Crippen molar-refractivity contribution in [3.8, 4) is 11.5 Å². The molecule has 8 nitrogen and oxygen atoms in total. The predicted octanol–water partition coefficient (Wildman–Crippen LogP) is 2.75. The van der Waals surface area contributed by atoms with E-state index in [1.165, 1.54) is 10.9 Å². The number of carbonyl (C=O) groups is 2. The summed E-state index contributed by atoms with van der Waals surface area (Å²) in [5, 5.41) is 0. The lowest BCUT2D eigenvalue weighted by Crippen LogP contribution is -2.40. The zero-order valence-electron chi connectivity index (χ0n) is 16.7. The molecule has 1 aromatic carbocycles. The van der Waals surface area contributed by atoms with Crippen molar-refractivity contribution < 1.29 is 19.1 Å². The van der Waals surface area contributed by atoms with E-state index in [9.17, 15) is 9.59 Å². The molecule has 2 aromatic heterocycles. The number of pyridine rings is 1. The highest BCUT2D eigenvalue weighted by atomic mass is 16.5. The molecule has 30 heavy (non-hydrogen) atoms. The number of hydrogen-bond acceptors (Lipinski definition) is 6.